The minimum atomic E-state index is 0.00741. The zero-order chi connectivity index (χ0) is 12.0. The van der Waals surface area contributed by atoms with E-state index in [0.29, 0.717) is 6.61 Å². The third-order valence-corrected chi connectivity index (χ3v) is 2.53. The molecule has 1 aromatic heterocycles. The third kappa shape index (κ3) is 4.08. The summed E-state index contributed by atoms with van der Waals surface area (Å²) in [6.45, 7) is 4.97. The first-order chi connectivity index (χ1) is 7.67. The summed E-state index contributed by atoms with van der Waals surface area (Å²) in [5.74, 6) is 0.964. The van der Waals surface area contributed by atoms with Crippen LogP contribution in [-0.4, -0.2) is 52.4 Å². The highest BCUT2D eigenvalue weighted by Gasteiger charge is 2.11. The Labute approximate surface area is 101 Å². The van der Waals surface area contributed by atoms with Gasteiger partial charge in [-0.15, -0.1) is 11.6 Å². The van der Waals surface area contributed by atoms with Crippen LogP contribution in [0.5, 0.6) is 0 Å². The molecule has 0 saturated heterocycles. The number of rotatable bonds is 7. The molecule has 0 aliphatic rings. The Kier molecular flexibility index (Phi) is 5.73. The lowest BCUT2D eigenvalue weighted by atomic mass is 10.4. The SMILES string of the molecule is CCn1ncnc1CN(C)CC(Cl)COC. The quantitative estimate of drug-likeness (QED) is 0.673. The van der Waals surface area contributed by atoms with E-state index in [1.54, 1.807) is 13.4 Å². The van der Waals surface area contributed by atoms with Crippen molar-refractivity contribution in [1.82, 2.24) is 19.7 Å². The number of alkyl halides is 1. The van der Waals surface area contributed by atoms with Gasteiger partial charge in [-0.3, -0.25) is 4.90 Å². The zero-order valence-corrected chi connectivity index (χ0v) is 10.8. The van der Waals surface area contributed by atoms with Crippen molar-refractivity contribution < 1.29 is 4.74 Å². The summed E-state index contributed by atoms with van der Waals surface area (Å²) in [5.41, 5.74) is 0. The molecule has 0 bridgehead atoms. The first-order valence-corrected chi connectivity index (χ1v) is 5.79. The highest BCUT2D eigenvalue weighted by molar-refractivity contribution is 6.20. The number of hydrogen-bond donors (Lipinski definition) is 0. The normalized spacial score (nSPS) is 13.3. The predicted octanol–water partition coefficient (Wildman–Crippen LogP) is 0.984. The molecule has 0 aliphatic heterocycles. The fraction of sp³-hybridized carbons (Fsp3) is 0.800. The molecule has 92 valence electrons. The molecule has 1 unspecified atom stereocenters. The van der Waals surface area contributed by atoms with Gasteiger partial charge in [0.1, 0.15) is 12.2 Å². The van der Waals surface area contributed by atoms with Crippen molar-refractivity contribution in [2.45, 2.75) is 25.4 Å². The van der Waals surface area contributed by atoms with Crippen LogP contribution in [0.2, 0.25) is 0 Å². The Balaban J connectivity index is 2.42. The maximum absolute atomic E-state index is 6.08. The van der Waals surface area contributed by atoms with Gasteiger partial charge in [-0.25, -0.2) is 9.67 Å². The monoisotopic (exact) mass is 246 g/mol. The Morgan fingerprint density at radius 3 is 3.00 bits per heavy atom. The molecule has 6 heteroatoms. The number of nitrogens with zero attached hydrogens (tertiary/aromatic N) is 4. The molecular formula is C10H19ClN4O. The molecule has 0 aliphatic carbocycles. The van der Waals surface area contributed by atoms with E-state index in [9.17, 15) is 0 Å². The molecule has 1 aromatic rings. The van der Waals surface area contributed by atoms with Crippen LogP contribution in [0.25, 0.3) is 0 Å². The lowest BCUT2D eigenvalue weighted by molar-refractivity contribution is 0.180. The predicted molar refractivity (Wildman–Crippen MR) is 63.5 cm³/mol. The van der Waals surface area contributed by atoms with Crippen molar-refractivity contribution in [2.24, 2.45) is 0 Å². The van der Waals surface area contributed by atoms with E-state index < -0.39 is 0 Å². The van der Waals surface area contributed by atoms with Crippen LogP contribution in [0, 0.1) is 0 Å². The van der Waals surface area contributed by atoms with E-state index in [0.717, 1.165) is 25.5 Å². The number of aryl methyl sites for hydroxylation is 1. The standard InChI is InChI=1S/C10H19ClN4O/c1-4-15-10(12-8-13-15)6-14(2)5-9(11)7-16-3/h8-9H,4-7H2,1-3H3. The summed E-state index contributed by atoms with van der Waals surface area (Å²) in [6, 6.07) is 0. The van der Waals surface area contributed by atoms with Crippen LogP contribution >= 0.6 is 11.6 Å². The van der Waals surface area contributed by atoms with Gasteiger partial charge in [0.25, 0.3) is 0 Å². The van der Waals surface area contributed by atoms with Gasteiger partial charge in [0.05, 0.1) is 18.5 Å². The summed E-state index contributed by atoms with van der Waals surface area (Å²) in [6.07, 6.45) is 1.58. The Morgan fingerprint density at radius 2 is 2.38 bits per heavy atom. The number of aromatic nitrogens is 3. The van der Waals surface area contributed by atoms with Crippen LogP contribution < -0.4 is 0 Å². The minimum absolute atomic E-state index is 0.00741. The second-order valence-electron chi connectivity index (χ2n) is 3.74. The highest BCUT2D eigenvalue weighted by atomic mass is 35.5. The second-order valence-corrected chi connectivity index (χ2v) is 4.36. The molecule has 1 rings (SSSR count). The van der Waals surface area contributed by atoms with E-state index in [1.165, 1.54) is 0 Å². The van der Waals surface area contributed by atoms with Crippen molar-refractivity contribution in [3.8, 4) is 0 Å². The van der Waals surface area contributed by atoms with Crippen molar-refractivity contribution in [1.29, 1.82) is 0 Å². The smallest absolute Gasteiger partial charge is 0.140 e. The van der Waals surface area contributed by atoms with E-state index in [2.05, 4.69) is 15.0 Å². The molecule has 0 spiro atoms. The molecule has 0 amide bonds. The van der Waals surface area contributed by atoms with E-state index in [4.69, 9.17) is 16.3 Å². The summed E-state index contributed by atoms with van der Waals surface area (Å²) in [7, 11) is 3.67. The molecule has 0 saturated carbocycles. The number of ether oxygens (including phenoxy) is 1. The molecule has 0 fully saturated rings. The first-order valence-electron chi connectivity index (χ1n) is 5.35. The van der Waals surface area contributed by atoms with Crippen LogP contribution in [-0.2, 0) is 17.8 Å². The molecule has 0 aromatic carbocycles. The summed E-state index contributed by atoms with van der Waals surface area (Å²) in [5, 5.41) is 4.13. The number of methoxy groups -OCH3 is 1. The van der Waals surface area contributed by atoms with Gasteiger partial charge in [0, 0.05) is 20.2 Å². The molecule has 1 heterocycles. The zero-order valence-electron chi connectivity index (χ0n) is 10.1. The van der Waals surface area contributed by atoms with Crippen LogP contribution in [0.4, 0.5) is 0 Å². The van der Waals surface area contributed by atoms with E-state index in [-0.39, 0.29) is 5.38 Å². The fourth-order valence-electron chi connectivity index (χ4n) is 1.55. The molecule has 0 radical (unpaired) electrons. The summed E-state index contributed by atoms with van der Waals surface area (Å²) < 4.78 is 6.88. The van der Waals surface area contributed by atoms with Crippen molar-refractivity contribution in [2.75, 3.05) is 27.3 Å². The van der Waals surface area contributed by atoms with Crippen LogP contribution in [0.1, 0.15) is 12.7 Å². The summed E-state index contributed by atoms with van der Waals surface area (Å²) >= 11 is 6.08. The first kappa shape index (κ1) is 13.4. The summed E-state index contributed by atoms with van der Waals surface area (Å²) in [4.78, 5) is 6.33. The van der Waals surface area contributed by atoms with Gasteiger partial charge in [-0.1, -0.05) is 0 Å². The second kappa shape index (κ2) is 6.83. The third-order valence-electron chi connectivity index (χ3n) is 2.26. The Morgan fingerprint density at radius 1 is 1.62 bits per heavy atom. The van der Waals surface area contributed by atoms with Crippen molar-refractivity contribution in [3.05, 3.63) is 12.2 Å². The maximum atomic E-state index is 6.08. The van der Waals surface area contributed by atoms with Gasteiger partial charge < -0.3 is 4.74 Å². The maximum Gasteiger partial charge on any atom is 0.140 e. The Bertz CT molecular complexity index is 305. The average Bonchev–Trinajstić information content (AvgIpc) is 2.65. The van der Waals surface area contributed by atoms with Gasteiger partial charge >= 0.3 is 0 Å². The molecule has 16 heavy (non-hydrogen) atoms. The van der Waals surface area contributed by atoms with Crippen LogP contribution in [0.3, 0.4) is 0 Å². The topological polar surface area (TPSA) is 43.2 Å². The lowest BCUT2D eigenvalue weighted by Gasteiger charge is -2.19. The lowest BCUT2D eigenvalue weighted by Crippen LogP contribution is -2.29. The molecule has 1 atom stereocenters. The Hall–Kier alpha value is -0.650. The van der Waals surface area contributed by atoms with Gasteiger partial charge in [-0.2, -0.15) is 5.10 Å². The molecule has 0 N–H and O–H groups in total. The molecule has 5 nitrogen and oxygen atoms in total. The number of halogens is 1. The fourth-order valence-corrected chi connectivity index (χ4v) is 1.91. The van der Waals surface area contributed by atoms with Crippen LogP contribution in [0.15, 0.2) is 6.33 Å². The van der Waals surface area contributed by atoms with Gasteiger partial charge in [0.2, 0.25) is 0 Å². The van der Waals surface area contributed by atoms with Gasteiger partial charge in [0.15, 0.2) is 0 Å². The van der Waals surface area contributed by atoms with Gasteiger partial charge in [-0.05, 0) is 14.0 Å². The van der Waals surface area contributed by atoms with Crippen molar-refractivity contribution >= 4 is 11.6 Å². The van der Waals surface area contributed by atoms with E-state index >= 15 is 0 Å². The average molecular weight is 247 g/mol. The van der Waals surface area contributed by atoms with Crippen molar-refractivity contribution in [3.63, 3.8) is 0 Å². The highest BCUT2D eigenvalue weighted by Crippen LogP contribution is 2.03. The number of hydrogen-bond acceptors (Lipinski definition) is 4. The molecular weight excluding hydrogens is 228 g/mol. The van der Waals surface area contributed by atoms with E-state index in [1.807, 2.05) is 18.7 Å². The minimum Gasteiger partial charge on any atom is -0.383 e. The largest absolute Gasteiger partial charge is 0.383 e.